The number of aromatic nitrogens is 5. The molecule has 3 aromatic rings. The summed E-state index contributed by atoms with van der Waals surface area (Å²) in [5.74, 6) is 2.73. The lowest BCUT2D eigenvalue weighted by molar-refractivity contribution is 0.416. The number of benzene rings is 1. The molecule has 8 heteroatoms. The third kappa shape index (κ3) is 3.23. The van der Waals surface area contributed by atoms with E-state index >= 15 is 0 Å². The average Bonchev–Trinajstić information content (AvgIpc) is 3.16. The quantitative estimate of drug-likeness (QED) is 0.702. The molecule has 2 heterocycles. The van der Waals surface area contributed by atoms with E-state index in [1.165, 1.54) is 23.3 Å². The number of rotatable bonds is 5. The van der Waals surface area contributed by atoms with E-state index in [9.17, 15) is 0 Å². The molecule has 6 nitrogen and oxygen atoms in total. The lowest BCUT2D eigenvalue weighted by atomic mass is 10.2. The third-order valence-electron chi connectivity index (χ3n) is 3.30. The second-order valence-corrected chi connectivity index (χ2v) is 7.21. The first-order valence-corrected chi connectivity index (χ1v) is 8.73. The lowest BCUT2D eigenvalue weighted by Crippen LogP contribution is -1.96. The fourth-order valence-electron chi connectivity index (χ4n) is 2.04. The van der Waals surface area contributed by atoms with E-state index < -0.39 is 0 Å². The van der Waals surface area contributed by atoms with Gasteiger partial charge in [0.1, 0.15) is 11.6 Å². The lowest BCUT2D eigenvalue weighted by Gasteiger charge is -2.07. The first kappa shape index (κ1) is 15.9. The second-order valence-electron chi connectivity index (χ2n) is 5.24. The Bertz CT molecular complexity index is 812. The van der Waals surface area contributed by atoms with E-state index in [0.717, 1.165) is 32.5 Å². The summed E-state index contributed by atoms with van der Waals surface area (Å²) in [5.41, 5.74) is 0.914. The number of para-hydroxylation sites is 1. The summed E-state index contributed by atoms with van der Waals surface area (Å²) in [5, 5.41) is 9.35. The molecule has 2 aromatic heterocycles. The fraction of sp³-hybridized carbons (Fsp3) is 0.333. The summed E-state index contributed by atoms with van der Waals surface area (Å²) in [6.45, 7) is 4.16. The highest BCUT2D eigenvalue weighted by Crippen LogP contribution is 2.33. The predicted octanol–water partition coefficient (Wildman–Crippen LogP) is 3.62. The van der Waals surface area contributed by atoms with Gasteiger partial charge in [-0.1, -0.05) is 26.0 Å². The average molecular weight is 347 g/mol. The molecule has 0 amide bonds. The Kier molecular flexibility index (Phi) is 4.63. The zero-order chi connectivity index (χ0) is 16.4. The Morgan fingerprint density at radius 1 is 1.22 bits per heavy atom. The normalized spacial score (nSPS) is 11.2. The molecule has 120 valence electrons. The molecular formula is C15H17N5OS2. The van der Waals surface area contributed by atoms with Crippen LogP contribution in [0.4, 0.5) is 0 Å². The number of hydrogen-bond acceptors (Lipinski definition) is 7. The smallest absolute Gasteiger partial charge is 0.198 e. The molecule has 0 fully saturated rings. The Balaban J connectivity index is 1.90. The minimum Gasteiger partial charge on any atom is -0.496 e. The molecule has 0 atom stereocenters. The molecule has 0 radical (unpaired) electrons. The van der Waals surface area contributed by atoms with Crippen LogP contribution in [-0.2, 0) is 7.05 Å². The van der Waals surface area contributed by atoms with E-state index in [-0.39, 0.29) is 0 Å². The summed E-state index contributed by atoms with van der Waals surface area (Å²) >= 11 is 2.87. The number of hydrogen-bond donors (Lipinski definition) is 0. The Labute approximate surface area is 143 Å². The minimum atomic E-state index is 0.323. The zero-order valence-corrected chi connectivity index (χ0v) is 15.0. The van der Waals surface area contributed by atoms with Crippen LogP contribution in [0.25, 0.3) is 11.4 Å². The molecule has 0 saturated heterocycles. The van der Waals surface area contributed by atoms with Crippen LogP contribution >= 0.6 is 23.3 Å². The first-order chi connectivity index (χ1) is 11.1. The van der Waals surface area contributed by atoms with E-state index in [1.54, 1.807) is 7.11 Å². The van der Waals surface area contributed by atoms with Crippen LogP contribution in [0.1, 0.15) is 25.6 Å². The highest BCUT2D eigenvalue weighted by molar-refractivity contribution is 8.00. The number of ether oxygens (including phenoxy) is 1. The number of methoxy groups -OCH3 is 1. The van der Waals surface area contributed by atoms with Gasteiger partial charge < -0.3 is 9.30 Å². The predicted molar refractivity (Wildman–Crippen MR) is 91.1 cm³/mol. The van der Waals surface area contributed by atoms with Crippen LogP contribution in [0.15, 0.2) is 33.8 Å². The SMILES string of the molecule is COc1ccccc1-c1nnc(Sc2nc(C(C)C)ns2)n1C. The van der Waals surface area contributed by atoms with Gasteiger partial charge in [0, 0.05) is 13.0 Å². The van der Waals surface area contributed by atoms with Gasteiger partial charge in [-0.15, -0.1) is 10.2 Å². The van der Waals surface area contributed by atoms with Gasteiger partial charge in [-0.2, -0.15) is 4.37 Å². The van der Waals surface area contributed by atoms with Crippen LogP contribution in [-0.4, -0.2) is 31.2 Å². The molecule has 0 aliphatic rings. The molecule has 0 aliphatic carbocycles. The summed E-state index contributed by atoms with van der Waals surface area (Å²) in [6, 6.07) is 7.78. The topological polar surface area (TPSA) is 65.7 Å². The Morgan fingerprint density at radius 3 is 2.70 bits per heavy atom. The van der Waals surface area contributed by atoms with Gasteiger partial charge in [-0.25, -0.2) is 4.98 Å². The molecule has 0 aliphatic heterocycles. The van der Waals surface area contributed by atoms with Crippen molar-refractivity contribution >= 4 is 23.3 Å². The monoisotopic (exact) mass is 347 g/mol. The summed E-state index contributed by atoms with van der Waals surface area (Å²) in [6.07, 6.45) is 0. The van der Waals surface area contributed by atoms with Gasteiger partial charge in [-0.05, 0) is 35.4 Å². The van der Waals surface area contributed by atoms with Crippen LogP contribution in [0.2, 0.25) is 0 Å². The fourth-order valence-corrected chi connectivity index (χ4v) is 3.68. The van der Waals surface area contributed by atoms with Crippen molar-refractivity contribution < 1.29 is 4.74 Å². The molecular weight excluding hydrogens is 330 g/mol. The van der Waals surface area contributed by atoms with E-state index in [2.05, 4.69) is 33.4 Å². The molecule has 0 unspecified atom stereocenters. The van der Waals surface area contributed by atoms with Gasteiger partial charge in [0.05, 0.1) is 12.7 Å². The standard InChI is InChI=1S/C15H17N5OS2/c1-9(2)12-16-15(23-19-12)22-14-18-17-13(20(14)3)10-7-5-6-8-11(10)21-4/h5-9H,1-4H3. The molecule has 3 rings (SSSR count). The molecule has 0 N–H and O–H groups in total. The maximum absolute atomic E-state index is 5.40. The van der Waals surface area contributed by atoms with Crippen LogP contribution in [0, 0.1) is 0 Å². The van der Waals surface area contributed by atoms with Crippen molar-refractivity contribution in [3.63, 3.8) is 0 Å². The van der Waals surface area contributed by atoms with Crippen molar-refractivity contribution in [2.45, 2.75) is 29.3 Å². The van der Waals surface area contributed by atoms with Gasteiger partial charge in [-0.3, -0.25) is 0 Å². The van der Waals surface area contributed by atoms with Crippen molar-refractivity contribution in [1.29, 1.82) is 0 Å². The third-order valence-corrected chi connectivity index (χ3v) is 5.10. The minimum absolute atomic E-state index is 0.323. The van der Waals surface area contributed by atoms with Crippen LogP contribution in [0.3, 0.4) is 0 Å². The van der Waals surface area contributed by atoms with Gasteiger partial charge in [0.15, 0.2) is 15.3 Å². The van der Waals surface area contributed by atoms with Crippen LogP contribution < -0.4 is 4.74 Å². The van der Waals surface area contributed by atoms with Crippen molar-refractivity contribution in [2.24, 2.45) is 7.05 Å². The Hall–Kier alpha value is -1.93. The van der Waals surface area contributed by atoms with E-state index in [1.807, 2.05) is 35.9 Å². The van der Waals surface area contributed by atoms with Crippen molar-refractivity contribution in [2.75, 3.05) is 7.11 Å². The van der Waals surface area contributed by atoms with Gasteiger partial charge in [0.25, 0.3) is 0 Å². The highest BCUT2D eigenvalue weighted by atomic mass is 32.2. The summed E-state index contributed by atoms with van der Waals surface area (Å²) in [4.78, 5) is 4.53. The molecule has 23 heavy (non-hydrogen) atoms. The van der Waals surface area contributed by atoms with E-state index in [0.29, 0.717) is 5.92 Å². The van der Waals surface area contributed by atoms with Gasteiger partial charge in [0.2, 0.25) is 0 Å². The van der Waals surface area contributed by atoms with Gasteiger partial charge >= 0.3 is 0 Å². The molecule has 0 saturated carbocycles. The van der Waals surface area contributed by atoms with Crippen LogP contribution in [0.5, 0.6) is 5.75 Å². The van der Waals surface area contributed by atoms with E-state index in [4.69, 9.17) is 4.74 Å². The van der Waals surface area contributed by atoms with Crippen molar-refractivity contribution in [1.82, 2.24) is 24.1 Å². The van der Waals surface area contributed by atoms with Crippen molar-refractivity contribution in [3.05, 3.63) is 30.1 Å². The highest BCUT2D eigenvalue weighted by Gasteiger charge is 2.17. The maximum atomic E-state index is 5.40. The number of nitrogens with zero attached hydrogens (tertiary/aromatic N) is 5. The summed E-state index contributed by atoms with van der Waals surface area (Å²) < 4.78 is 12.6. The summed E-state index contributed by atoms with van der Waals surface area (Å²) in [7, 11) is 3.59. The maximum Gasteiger partial charge on any atom is 0.198 e. The zero-order valence-electron chi connectivity index (χ0n) is 13.3. The molecule has 0 bridgehead atoms. The first-order valence-electron chi connectivity index (χ1n) is 7.14. The molecule has 0 spiro atoms. The molecule has 1 aromatic carbocycles. The van der Waals surface area contributed by atoms with Crippen molar-refractivity contribution in [3.8, 4) is 17.1 Å². The Morgan fingerprint density at radius 2 is 2.00 bits per heavy atom. The second kappa shape index (κ2) is 6.67. The largest absolute Gasteiger partial charge is 0.496 e.